The molecule has 0 aromatic carbocycles. The van der Waals surface area contributed by atoms with Crippen LogP contribution in [-0.4, -0.2) is 13.2 Å². The van der Waals surface area contributed by atoms with Crippen LogP contribution in [0.15, 0.2) is 10.5 Å². The molecule has 0 aliphatic heterocycles. The predicted molar refractivity (Wildman–Crippen MR) is 79.2 cm³/mol. The highest BCUT2D eigenvalue weighted by Gasteiger charge is 2.11. The first-order valence-electron chi connectivity index (χ1n) is 7.29. The minimum absolute atomic E-state index is 0.328. The zero-order chi connectivity index (χ0) is 14.3. The van der Waals surface area contributed by atoms with Crippen molar-refractivity contribution in [2.45, 2.75) is 60.6 Å². The van der Waals surface area contributed by atoms with Crippen molar-refractivity contribution in [1.29, 1.82) is 0 Å². The molecule has 1 heterocycles. The van der Waals surface area contributed by atoms with Gasteiger partial charge in [-0.25, -0.2) is 0 Å². The highest BCUT2D eigenvalue weighted by atomic mass is 16.5. The molecular formula is C16H29NO2. The van der Waals surface area contributed by atoms with Crippen LogP contribution < -0.4 is 5.32 Å². The van der Waals surface area contributed by atoms with Crippen LogP contribution in [0.2, 0.25) is 0 Å². The number of nitrogens with one attached hydrogen (secondary N) is 1. The van der Waals surface area contributed by atoms with Gasteiger partial charge in [-0.2, -0.15) is 0 Å². The summed E-state index contributed by atoms with van der Waals surface area (Å²) in [6, 6.07) is 2.08. The fourth-order valence-corrected chi connectivity index (χ4v) is 1.77. The van der Waals surface area contributed by atoms with Gasteiger partial charge in [0.2, 0.25) is 0 Å². The van der Waals surface area contributed by atoms with Crippen LogP contribution in [-0.2, 0) is 17.9 Å². The molecule has 0 amide bonds. The molecule has 110 valence electrons. The average Bonchev–Trinajstić information content (AvgIpc) is 2.65. The SMILES string of the molecule is CCCNCc1oc(COCCC(C)(C)C)cc1C. The van der Waals surface area contributed by atoms with Crippen molar-refractivity contribution in [1.82, 2.24) is 5.32 Å². The van der Waals surface area contributed by atoms with Gasteiger partial charge in [0.1, 0.15) is 18.1 Å². The molecule has 1 N–H and O–H groups in total. The first kappa shape index (κ1) is 16.3. The Hall–Kier alpha value is -0.800. The van der Waals surface area contributed by atoms with Gasteiger partial charge in [-0.1, -0.05) is 27.7 Å². The van der Waals surface area contributed by atoms with E-state index in [0.717, 1.165) is 44.1 Å². The Kier molecular flexibility index (Phi) is 6.59. The fourth-order valence-electron chi connectivity index (χ4n) is 1.77. The van der Waals surface area contributed by atoms with Crippen molar-refractivity contribution in [2.75, 3.05) is 13.2 Å². The molecule has 0 bridgehead atoms. The largest absolute Gasteiger partial charge is 0.462 e. The summed E-state index contributed by atoms with van der Waals surface area (Å²) in [5.41, 5.74) is 1.53. The molecule has 0 unspecified atom stereocenters. The van der Waals surface area contributed by atoms with Crippen LogP contribution in [0.1, 0.15) is 57.6 Å². The monoisotopic (exact) mass is 267 g/mol. The summed E-state index contributed by atoms with van der Waals surface area (Å²) >= 11 is 0. The lowest BCUT2D eigenvalue weighted by Crippen LogP contribution is -2.13. The van der Waals surface area contributed by atoms with Gasteiger partial charge < -0.3 is 14.5 Å². The van der Waals surface area contributed by atoms with Crippen molar-refractivity contribution in [3.63, 3.8) is 0 Å². The number of ether oxygens (including phenoxy) is 1. The molecule has 0 saturated heterocycles. The van der Waals surface area contributed by atoms with Crippen molar-refractivity contribution in [3.8, 4) is 0 Å². The normalized spacial score (nSPS) is 12.1. The molecule has 1 aromatic heterocycles. The maximum Gasteiger partial charge on any atom is 0.130 e. The molecule has 0 fully saturated rings. The van der Waals surface area contributed by atoms with Crippen molar-refractivity contribution in [3.05, 3.63) is 23.2 Å². The van der Waals surface area contributed by atoms with Gasteiger partial charge in [0, 0.05) is 6.61 Å². The smallest absolute Gasteiger partial charge is 0.130 e. The van der Waals surface area contributed by atoms with E-state index in [2.05, 4.69) is 46.0 Å². The maximum absolute atomic E-state index is 5.81. The number of rotatable bonds is 8. The third-order valence-electron chi connectivity index (χ3n) is 3.02. The molecule has 3 heteroatoms. The summed E-state index contributed by atoms with van der Waals surface area (Å²) in [6.07, 6.45) is 2.21. The van der Waals surface area contributed by atoms with Crippen molar-refractivity contribution < 1.29 is 9.15 Å². The van der Waals surface area contributed by atoms with Crippen LogP contribution in [0.4, 0.5) is 0 Å². The molecule has 0 saturated carbocycles. The number of aryl methyl sites for hydroxylation is 1. The van der Waals surface area contributed by atoms with E-state index in [1.54, 1.807) is 0 Å². The second-order valence-corrected chi connectivity index (χ2v) is 6.36. The second-order valence-electron chi connectivity index (χ2n) is 6.36. The lowest BCUT2D eigenvalue weighted by Gasteiger charge is -2.17. The zero-order valence-electron chi connectivity index (χ0n) is 13.1. The van der Waals surface area contributed by atoms with E-state index in [1.165, 1.54) is 5.56 Å². The third kappa shape index (κ3) is 6.79. The van der Waals surface area contributed by atoms with Crippen LogP contribution in [0, 0.1) is 12.3 Å². The summed E-state index contributed by atoms with van der Waals surface area (Å²) in [7, 11) is 0. The highest BCUT2D eigenvalue weighted by Crippen LogP contribution is 2.19. The molecule has 0 radical (unpaired) electrons. The van der Waals surface area contributed by atoms with Crippen LogP contribution in [0.25, 0.3) is 0 Å². The fraction of sp³-hybridized carbons (Fsp3) is 0.750. The molecule has 1 aromatic rings. The molecular weight excluding hydrogens is 238 g/mol. The van der Waals surface area contributed by atoms with E-state index in [4.69, 9.17) is 9.15 Å². The summed E-state index contributed by atoms with van der Waals surface area (Å²) in [5.74, 6) is 1.96. The molecule has 0 spiro atoms. The van der Waals surface area contributed by atoms with E-state index >= 15 is 0 Å². The lowest BCUT2D eigenvalue weighted by atomic mass is 9.93. The Bertz CT molecular complexity index is 363. The minimum atomic E-state index is 0.328. The van der Waals surface area contributed by atoms with Gasteiger partial charge in [-0.05, 0) is 43.4 Å². The van der Waals surface area contributed by atoms with Crippen molar-refractivity contribution >= 4 is 0 Å². The Balaban J connectivity index is 2.32. The summed E-state index contributed by atoms with van der Waals surface area (Å²) < 4.78 is 11.5. The standard InChI is InChI=1S/C16H29NO2/c1-6-8-17-11-15-13(2)10-14(19-15)12-18-9-7-16(3,4)5/h10,17H,6-9,11-12H2,1-5H3. The first-order chi connectivity index (χ1) is 8.92. The van der Waals surface area contributed by atoms with E-state index in [9.17, 15) is 0 Å². The highest BCUT2D eigenvalue weighted by molar-refractivity contribution is 5.19. The van der Waals surface area contributed by atoms with Gasteiger partial charge in [-0.3, -0.25) is 0 Å². The molecule has 0 aliphatic carbocycles. The van der Waals surface area contributed by atoms with Gasteiger partial charge in [0.05, 0.1) is 6.54 Å². The summed E-state index contributed by atoms with van der Waals surface area (Å²) in [6.45, 7) is 14.1. The molecule has 0 aliphatic rings. The van der Waals surface area contributed by atoms with Crippen molar-refractivity contribution in [2.24, 2.45) is 5.41 Å². The first-order valence-corrected chi connectivity index (χ1v) is 7.29. The molecule has 1 rings (SSSR count). The Morgan fingerprint density at radius 1 is 1.32 bits per heavy atom. The van der Waals surface area contributed by atoms with E-state index in [-0.39, 0.29) is 0 Å². The van der Waals surface area contributed by atoms with Gasteiger partial charge in [-0.15, -0.1) is 0 Å². The molecule has 19 heavy (non-hydrogen) atoms. The van der Waals surface area contributed by atoms with E-state index in [0.29, 0.717) is 12.0 Å². The second kappa shape index (κ2) is 7.71. The average molecular weight is 267 g/mol. The Labute approximate surface area is 117 Å². The number of furan rings is 1. The van der Waals surface area contributed by atoms with E-state index in [1.807, 2.05) is 0 Å². The summed E-state index contributed by atoms with van der Waals surface area (Å²) in [5, 5.41) is 3.36. The third-order valence-corrected chi connectivity index (χ3v) is 3.02. The Morgan fingerprint density at radius 2 is 2.05 bits per heavy atom. The quantitative estimate of drug-likeness (QED) is 0.722. The summed E-state index contributed by atoms with van der Waals surface area (Å²) in [4.78, 5) is 0. The van der Waals surface area contributed by atoms with Gasteiger partial charge >= 0.3 is 0 Å². The predicted octanol–water partition coefficient (Wildman–Crippen LogP) is 4.04. The lowest BCUT2D eigenvalue weighted by molar-refractivity contribution is 0.0836. The number of hydrogen-bond acceptors (Lipinski definition) is 3. The molecule has 3 nitrogen and oxygen atoms in total. The number of hydrogen-bond donors (Lipinski definition) is 1. The van der Waals surface area contributed by atoms with Crippen LogP contribution in [0.3, 0.4) is 0 Å². The molecule has 0 atom stereocenters. The Morgan fingerprint density at radius 3 is 2.68 bits per heavy atom. The van der Waals surface area contributed by atoms with Crippen LogP contribution in [0.5, 0.6) is 0 Å². The zero-order valence-corrected chi connectivity index (χ0v) is 13.1. The maximum atomic E-state index is 5.81. The van der Waals surface area contributed by atoms with E-state index < -0.39 is 0 Å². The van der Waals surface area contributed by atoms with Crippen LogP contribution >= 0.6 is 0 Å². The van der Waals surface area contributed by atoms with Gasteiger partial charge in [0.15, 0.2) is 0 Å². The minimum Gasteiger partial charge on any atom is -0.462 e. The van der Waals surface area contributed by atoms with Gasteiger partial charge in [0.25, 0.3) is 0 Å². The topological polar surface area (TPSA) is 34.4 Å².